The first kappa shape index (κ1) is 21.6. The van der Waals surface area contributed by atoms with Crippen molar-refractivity contribution in [3.8, 4) is 0 Å². The number of rotatable bonds is 6. The van der Waals surface area contributed by atoms with Gasteiger partial charge in [0.2, 0.25) is 0 Å². The van der Waals surface area contributed by atoms with E-state index in [1.165, 1.54) is 0 Å². The van der Waals surface area contributed by atoms with E-state index in [1.807, 2.05) is 6.07 Å². The molecule has 28 heavy (non-hydrogen) atoms. The van der Waals surface area contributed by atoms with E-state index in [2.05, 4.69) is 5.32 Å². The number of aliphatic hydroxyl groups is 2. The highest BCUT2D eigenvalue weighted by atomic mass is 16.7. The monoisotopic (exact) mass is 397 g/mol. The largest absolute Gasteiger partial charge is 0.456 e. The lowest BCUT2D eigenvalue weighted by atomic mass is 9.96. The summed E-state index contributed by atoms with van der Waals surface area (Å²) < 4.78 is 20.5. The third kappa shape index (κ3) is 5.91. The molecule has 0 unspecified atom stereocenters. The van der Waals surface area contributed by atoms with Gasteiger partial charge in [0.15, 0.2) is 18.5 Å². The van der Waals surface area contributed by atoms with Crippen LogP contribution in [0.25, 0.3) is 0 Å². The summed E-state index contributed by atoms with van der Waals surface area (Å²) in [5.74, 6) is -1.46. The van der Waals surface area contributed by atoms with Gasteiger partial charge in [-0.2, -0.15) is 0 Å². The van der Waals surface area contributed by atoms with Gasteiger partial charge in [0, 0.05) is 13.8 Å². The standard InChI is InChI=1S/C18H23NO9/c1-10(21)26-15-13(8-20)28-17(23)14(16(15)27-11(2)22)19-18(24)25-9-12-6-4-3-5-7-12/h3-7,13-17,20,23H,8-9H2,1-2H3,(H,19,24)/t13-,14+,15-,16-,17+/m1/s1. The van der Waals surface area contributed by atoms with Crippen molar-refractivity contribution in [3.63, 3.8) is 0 Å². The molecule has 1 aromatic rings. The van der Waals surface area contributed by atoms with Crippen molar-refractivity contribution in [2.24, 2.45) is 0 Å². The molecular formula is C18H23NO9. The van der Waals surface area contributed by atoms with Gasteiger partial charge in [0.25, 0.3) is 0 Å². The van der Waals surface area contributed by atoms with Crippen LogP contribution in [0.15, 0.2) is 30.3 Å². The third-order valence-electron chi connectivity index (χ3n) is 3.95. The number of carbonyl (C=O) groups is 3. The smallest absolute Gasteiger partial charge is 0.407 e. The van der Waals surface area contributed by atoms with Gasteiger partial charge >= 0.3 is 18.0 Å². The zero-order valence-corrected chi connectivity index (χ0v) is 15.4. The number of alkyl carbamates (subject to hydrolysis) is 1. The lowest BCUT2D eigenvalue weighted by molar-refractivity contribution is -0.262. The Morgan fingerprint density at radius 3 is 2.25 bits per heavy atom. The van der Waals surface area contributed by atoms with E-state index in [0.717, 1.165) is 19.4 Å². The highest BCUT2D eigenvalue weighted by Gasteiger charge is 2.50. The number of amides is 1. The maximum atomic E-state index is 12.1. The molecule has 0 saturated carbocycles. The first-order valence-corrected chi connectivity index (χ1v) is 8.58. The molecule has 1 aromatic carbocycles. The molecule has 1 amide bonds. The molecule has 1 aliphatic rings. The number of ether oxygens (including phenoxy) is 4. The summed E-state index contributed by atoms with van der Waals surface area (Å²) in [4.78, 5) is 35.0. The van der Waals surface area contributed by atoms with Crippen molar-refractivity contribution in [3.05, 3.63) is 35.9 Å². The van der Waals surface area contributed by atoms with Gasteiger partial charge in [-0.1, -0.05) is 30.3 Å². The number of carbonyl (C=O) groups excluding carboxylic acids is 3. The average Bonchev–Trinajstić information content (AvgIpc) is 2.65. The van der Waals surface area contributed by atoms with Crippen LogP contribution in [0.2, 0.25) is 0 Å². The maximum Gasteiger partial charge on any atom is 0.407 e. The molecule has 0 aromatic heterocycles. The second kappa shape index (κ2) is 10.0. The molecule has 0 spiro atoms. The van der Waals surface area contributed by atoms with Crippen LogP contribution in [-0.4, -0.2) is 65.5 Å². The van der Waals surface area contributed by atoms with Gasteiger partial charge in [-0.25, -0.2) is 4.79 Å². The first-order chi connectivity index (χ1) is 13.3. The third-order valence-corrected chi connectivity index (χ3v) is 3.95. The number of aliphatic hydroxyl groups excluding tert-OH is 2. The van der Waals surface area contributed by atoms with Crippen LogP contribution in [-0.2, 0) is 35.1 Å². The summed E-state index contributed by atoms with van der Waals surface area (Å²) in [6.07, 6.45) is -6.24. The molecular weight excluding hydrogens is 374 g/mol. The molecule has 1 heterocycles. The van der Waals surface area contributed by atoms with Crippen LogP contribution in [0, 0.1) is 0 Å². The van der Waals surface area contributed by atoms with E-state index >= 15 is 0 Å². The molecule has 5 atom stereocenters. The fourth-order valence-corrected chi connectivity index (χ4v) is 2.79. The first-order valence-electron chi connectivity index (χ1n) is 8.58. The Balaban J connectivity index is 2.12. The van der Waals surface area contributed by atoms with Crippen molar-refractivity contribution >= 4 is 18.0 Å². The SMILES string of the molecule is CC(=O)O[C@@H]1[C@H](NC(=O)OCc2ccccc2)[C@@H](O)O[C@H](CO)[C@H]1OC(C)=O. The highest BCUT2D eigenvalue weighted by Crippen LogP contribution is 2.25. The average molecular weight is 397 g/mol. The van der Waals surface area contributed by atoms with E-state index in [-0.39, 0.29) is 6.61 Å². The van der Waals surface area contributed by atoms with E-state index in [0.29, 0.717) is 0 Å². The number of esters is 2. The molecule has 10 nitrogen and oxygen atoms in total. The van der Waals surface area contributed by atoms with Crippen LogP contribution in [0.1, 0.15) is 19.4 Å². The summed E-state index contributed by atoms with van der Waals surface area (Å²) in [6.45, 7) is 1.60. The molecule has 0 radical (unpaired) electrons. The molecule has 1 aliphatic heterocycles. The second-order valence-corrected chi connectivity index (χ2v) is 6.13. The molecule has 0 aliphatic carbocycles. The topological polar surface area (TPSA) is 141 Å². The minimum Gasteiger partial charge on any atom is -0.456 e. The van der Waals surface area contributed by atoms with Crippen molar-refractivity contribution < 1.29 is 43.5 Å². The van der Waals surface area contributed by atoms with E-state index in [1.54, 1.807) is 24.3 Å². The Bertz CT molecular complexity index is 681. The minimum atomic E-state index is -1.64. The molecule has 0 bridgehead atoms. The quantitative estimate of drug-likeness (QED) is 0.441. The fraction of sp³-hybridized carbons (Fsp3) is 0.500. The van der Waals surface area contributed by atoms with Gasteiger partial charge in [0.1, 0.15) is 18.8 Å². The number of nitrogens with one attached hydrogen (secondary N) is 1. The van der Waals surface area contributed by atoms with Crippen LogP contribution in [0.4, 0.5) is 4.79 Å². The normalized spacial score (nSPS) is 26.8. The van der Waals surface area contributed by atoms with Gasteiger partial charge in [-0.3, -0.25) is 9.59 Å². The van der Waals surface area contributed by atoms with Gasteiger partial charge in [-0.15, -0.1) is 0 Å². The van der Waals surface area contributed by atoms with Gasteiger partial charge < -0.3 is 34.5 Å². The maximum absolute atomic E-state index is 12.1. The lowest BCUT2D eigenvalue weighted by Gasteiger charge is -2.43. The Morgan fingerprint density at radius 2 is 1.68 bits per heavy atom. The van der Waals surface area contributed by atoms with Crippen molar-refractivity contribution in [2.45, 2.75) is 51.1 Å². The predicted octanol–water partition coefficient (Wildman–Crippen LogP) is -0.146. The summed E-state index contributed by atoms with van der Waals surface area (Å²) in [5.41, 5.74) is 0.743. The molecule has 1 saturated heterocycles. The molecule has 3 N–H and O–H groups in total. The molecule has 1 fully saturated rings. The number of hydrogen-bond acceptors (Lipinski definition) is 9. The summed E-state index contributed by atoms with van der Waals surface area (Å²) >= 11 is 0. The van der Waals surface area contributed by atoms with Crippen LogP contribution < -0.4 is 5.32 Å². The second-order valence-electron chi connectivity index (χ2n) is 6.13. The van der Waals surface area contributed by atoms with Gasteiger partial charge in [-0.05, 0) is 5.56 Å². The van der Waals surface area contributed by atoms with Crippen LogP contribution >= 0.6 is 0 Å². The summed E-state index contributed by atoms with van der Waals surface area (Å²) in [5, 5.41) is 22.0. The van der Waals surface area contributed by atoms with Crippen molar-refractivity contribution in [1.82, 2.24) is 5.32 Å². The minimum absolute atomic E-state index is 0.0266. The van der Waals surface area contributed by atoms with E-state index < -0.39 is 55.3 Å². The van der Waals surface area contributed by atoms with Crippen molar-refractivity contribution in [2.75, 3.05) is 6.61 Å². The van der Waals surface area contributed by atoms with E-state index in [9.17, 15) is 24.6 Å². The zero-order chi connectivity index (χ0) is 20.7. The predicted molar refractivity (Wildman–Crippen MR) is 92.6 cm³/mol. The Morgan fingerprint density at radius 1 is 1.07 bits per heavy atom. The summed E-state index contributed by atoms with van der Waals surface area (Å²) in [7, 11) is 0. The molecule has 154 valence electrons. The molecule has 2 rings (SSSR count). The van der Waals surface area contributed by atoms with Gasteiger partial charge in [0.05, 0.1) is 6.61 Å². The Kier molecular flexibility index (Phi) is 7.73. The number of hydrogen-bond donors (Lipinski definition) is 3. The van der Waals surface area contributed by atoms with Crippen LogP contribution in [0.5, 0.6) is 0 Å². The highest BCUT2D eigenvalue weighted by molar-refractivity contribution is 5.69. The Labute approximate surface area is 161 Å². The fourth-order valence-electron chi connectivity index (χ4n) is 2.79. The van der Waals surface area contributed by atoms with E-state index in [4.69, 9.17) is 18.9 Å². The lowest BCUT2D eigenvalue weighted by Crippen LogP contribution is -2.66. The summed E-state index contributed by atoms with van der Waals surface area (Å²) in [6, 6.07) is 7.61. The Hall–Kier alpha value is -2.69. The molecule has 10 heteroatoms. The zero-order valence-electron chi connectivity index (χ0n) is 15.4. The van der Waals surface area contributed by atoms with Crippen LogP contribution in [0.3, 0.4) is 0 Å². The van der Waals surface area contributed by atoms with Crippen molar-refractivity contribution in [1.29, 1.82) is 0 Å². The number of benzene rings is 1.